The molecule has 2 unspecified atom stereocenters. The molecule has 0 heterocycles. The predicted octanol–water partition coefficient (Wildman–Crippen LogP) is 3.03. The maximum absolute atomic E-state index is 12.2. The minimum Gasteiger partial charge on any atom is -0.508 e. The van der Waals surface area contributed by atoms with Gasteiger partial charge in [-0.05, 0) is 41.8 Å². The van der Waals surface area contributed by atoms with E-state index < -0.39 is 0 Å². The lowest BCUT2D eigenvalue weighted by Gasteiger charge is -2.17. The van der Waals surface area contributed by atoms with Gasteiger partial charge in [0.25, 0.3) is 5.91 Å². The number of fused-ring (bicyclic) bond motifs is 1. The van der Waals surface area contributed by atoms with Gasteiger partial charge in [0.15, 0.2) is 0 Å². The highest BCUT2D eigenvalue weighted by molar-refractivity contribution is 6.21. The Morgan fingerprint density at radius 2 is 1.85 bits per heavy atom. The molecule has 1 amide bonds. The minimum atomic E-state index is -0.183. The van der Waals surface area contributed by atoms with E-state index in [1.807, 2.05) is 24.3 Å². The molecule has 0 saturated heterocycles. The molecule has 2 aromatic rings. The van der Waals surface area contributed by atoms with Crippen molar-refractivity contribution >= 4 is 17.5 Å². The van der Waals surface area contributed by atoms with E-state index in [4.69, 9.17) is 11.6 Å². The van der Waals surface area contributed by atoms with Gasteiger partial charge in [0.2, 0.25) is 0 Å². The van der Waals surface area contributed by atoms with Crippen molar-refractivity contribution in [3.05, 3.63) is 65.2 Å². The highest BCUT2D eigenvalue weighted by atomic mass is 35.5. The number of hydrogen-bond acceptors (Lipinski definition) is 2. The molecular weight excluding hydrogens is 274 g/mol. The summed E-state index contributed by atoms with van der Waals surface area (Å²) in [7, 11) is 0. The second kappa shape index (κ2) is 5.17. The summed E-state index contributed by atoms with van der Waals surface area (Å²) in [6.45, 7) is 0. The number of alkyl halides is 1. The van der Waals surface area contributed by atoms with Crippen LogP contribution in [0.3, 0.4) is 0 Å². The van der Waals surface area contributed by atoms with E-state index in [-0.39, 0.29) is 23.1 Å². The number of phenols is 1. The average molecular weight is 288 g/mol. The van der Waals surface area contributed by atoms with Crippen LogP contribution in [0.4, 0.5) is 0 Å². The molecule has 0 aliphatic heterocycles. The fourth-order valence-electron chi connectivity index (χ4n) is 2.55. The molecule has 1 aliphatic rings. The first-order valence-electron chi connectivity index (χ1n) is 6.47. The van der Waals surface area contributed by atoms with Gasteiger partial charge in [-0.1, -0.05) is 24.3 Å². The van der Waals surface area contributed by atoms with Crippen LogP contribution in [-0.4, -0.2) is 16.4 Å². The third-order valence-electron chi connectivity index (χ3n) is 3.58. The van der Waals surface area contributed by atoms with E-state index in [0.29, 0.717) is 5.56 Å². The molecule has 0 radical (unpaired) electrons. The number of halogens is 1. The Morgan fingerprint density at radius 1 is 1.15 bits per heavy atom. The SMILES string of the molecule is O=C(NC1c2ccccc2CC1Cl)c1ccc(O)cc1. The Morgan fingerprint density at radius 3 is 2.60 bits per heavy atom. The zero-order chi connectivity index (χ0) is 14.1. The lowest BCUT2D eigenvalue weighted by molar-refractivity contribution is 0.0937. The number of benzene rings is 2. The second-order valence-electron chi connectivity index (χ2n) is 4.92. The summed E-state index contributed by atoms with van der Waals surface area (Å²) in [4.78, 5) is 12.2. The van der Waals surface area contributed by atoms with Crippen LogP contribution in [-0.2, 0) is 6.42 Å². The van der Waals surface area contributed by atoms with Gasteiger partial charge in [0.05, 0.1) is 11.4 Å². The van der Waals surface area contributed by atoms with E-state index in [1.54, 1.807) is 12.1 Å². The molecule has 0 spiro atoms. The first-order chi connectivity index (χ1) is 9.65. The molecule has 2 aromatic carbocycles. The highest BCUT2D eigenvalue weighted by Gasteiger charge is 2.31. The number of carbonyl (C=O) groups is 1. The number of hydrogen-bond donors (Lipinski definition) is 2. The first-order valence-corrected chi connectivity index (χ1v) is 6.90. The normalized spacial score (nSPS) is 20.4. The van der Waals surface area contributed by atoms with Gasteiger partial charge in [0, 0.05) is 5.56 Å². The van der Waals surface area contributed by atoms with Crippen molar-refractivity contribution in [3.8, 4) is 5.75 Å². The van der Waals surface area contributed by atoms with Crippen LogP contribution >= 0.6 is 11.6 Å². The fourth-order valence-corrected chi connectivity index (χ4v) is 2.92. The van der Waals surface area contributed by atoms with E-state index in [0.717, 1.165) is 12.0 Å². The minimum absolute atomic E-state index is 0.131. The monoisotopic (exact) mass is 287 g/mol. The molecule has 1 aliphatic carbocycles. The second-order valence-corrected chi connectivity index (χ2v) is 5.48. The number of aromatic hydroxyl groups is 1. The molecule has 2 N–H and O–H groups in total. The zero-order valence-corrected chi connectivity index (χ0v) is 11.5. The maximum Gasteiger partial charge on any atom is 0.251 e. The molecule has 0 saturated carbocycles. The van der Waals surface area contributed by atoms with Crippen molar-refractivity contribution in [3.63, 3.8) is 0 Å². The third-order valence-corrected chi connectivity index (χ3v) is 3.99. The summed E-state index contributed by atoms with van der Waals surface area (Å²) in [6.07, 6.45) is 0.762. The molecular formula is C16H14ClNO2. The van der Waals surface area contributed by atoms with Gasteiger partial charge < -0.3 is 10.4 Å². The summed E-state index contributed by atoms with van der Waals surface area (Å²) >= 11 is 6.35. The Bertz CT molecular complexity index is 639. The van der Waals surface area contributed by atoms with E-state index in [9.17, 15) is 9.90 Å². The quantitative estimate of drug-likeness (QED) is 0.834. The van der Waals surface area contributed by atoms with Crippen LogP contribution in [0.15, 0.2) is 48.5 Å². The van der Waals surface area contributed by atoms with Gasteiger partial charge >= 0.3 is 0 Å². The standard InChI is InChI=1S/C16H14ClNO2/c17-14-9-11-3-1-2-4-13(11)15(14)18-16(20)10-5-7-12(19)8-6-10/h1-8,14-15,19H,9H2,(H,18,20). The van der Waals surface area contributed by atoms with E-state index in [1.165, 1.54) is 17.7 Å². The fraction of sp³-hybridized carbons (Fsp3) is 0.188. The Kier molecular flexibility index (Phi) is 3.36. The molecule has 0 fully saturated rings. The van der Waals surface area contributed by atoms with Crippen LogP contribution in [0.5, 0.6) is 5.75 Å². The Labute approximate surface area is 122 Å². The van der Waals surface area contributed by atoms with E-state index >= 15 is 0 Å². The van der Waals surface area contributed by atoms with Crippen molar-refractivity contribution in [2.24, 2.45) is 0 Å². The molecule has 0 bridgehead atoms. The van der Waals surface area contributed by atoms with Crippen LogP contribution < -0.4 is 5.32 Å². The maximum atomic E-state index is 12.2. The number of rotatable bonds is 2. The number of nitrogens with one attached hydrogen (secondary N) is 1. The van der Waals surface area contributed by atoms with Gasteiger partial charge in [-0.25, -0.2) is 0 Å². The van der Waals surface area contributed by atoms with Crippen molar-refractivity contribution in [2.75, 3.05) is 0 Å². The Hall–Kier alpha value is -2.00. The number of amides is 1. The summed E-state index contributed by atoms with van der Waals surface area (Å²) in [5.41, 5.74) is 2.78. The average Bonchev–Trinajstić information content (AvgIpc) is 2.76. The molecule has 102 valence electrons. The summed E-state index contributed by atoms with van der Waals surface area (Å²) < 4.78 is 0. The van der Waals surface area contributed by atoms with Crippen molar-refractivity contribution in [1.29, 1.82) is 0 Å². The summed E-state index contributed by atoms with van der Waals surface area (Å²) in [5, 5.41) is 12.1. The molecule has 2 atom stereocenters. The smallest absolute Gasteiger partial charge is 0.251 e. The largest absolute Gasteiger partial charge is 0.508 e. The third kappa shape index (κ3) is 2.37. The molecule has 4 heteroatoms. The lowest BCUT2D eigenvalue weighted by Crippen LogP contribution is -2.31. The zero-order valence-electron chi connectivity index (χ0n) is 10.7. The van der Waals surface area contributed by atoms with Gasteiger partial charge in [-0.2, -0.15) is 0 Å². The van der Waals surface area contributed by atoms with Gasteiger partial charge in [-0.3, -0.25) is 4.79 Å². The van der Waals surface area contributed by atoms with E-state index in [2.05, 4.69) is 5.32 Å². The molecule has 0 aromatic heterocycles. The van der Waals surface area contributed by atoms with Gasteiger partial charge in [-0.15, -0.1) is 11.6 Å². The molecule has 20 heavy (non-hydrogen) atoms. The number of carbonyl (C=O) groups excluding carboxylic acids is 1. The lowest BCUT2D eigenvalue weighted by atomic mass is 10.1. The van der Waals surface area contributed by atoms with Gasteiger partial charge in [0.1, 0.15) is 5.75 Å². The highest BCUT2D eigenvalue weighted by Crippen LogP contribution is 2.34. The van der Waals surface area contributed by atoms with Crippen molar-refractivity contribution in [1.82, 2.24) is 5.32 Å². The summed E-state index contributed by atoms with van der Waals surface area (Å²) in [5.74, 6) is -0.0414. The molecule has 3 nitrogen and oxygen atoms in total. The number of phenolic OH excluding ortho intramolecular Hbond substituents is 1. The van der Waals surface area contributed by atoms with Crippen molar-refractivity contribution in [2.45, 2.75) is 17.8 Å². The topological polar surface area (TPSA) is 49.3 Å². The first kappa shape index (κ1) is 13.0. The van der Waals surface area contributed by atoms with Crippen LogP contribution in [0, 0.1) is 0 Å². The van der Waals surface area contributed by atoms with Crippen LogP contribution in [0.25, 0.3) is 0 Å². The van der Waals surface area contributed by atoms with Crippen LogP contribution in [0.1, 0.15) is 27.5 Å². The van der Waals surface area contributed by atoms with Crippen molar-refractivity contribution < 1.29 is 9.90 Å². The predicted molar refractivity (Wildman–Crippen MR) is 78.1 cm³/mol. The molecule has 3 rings (SSSR count). The van der Waals surface area contributed by atoms with Crippen LogP contribution in [0.2, 0.25) is 0 Å². The summed E-state index contributed by atoms with van der Waals surface area (Å²) in [6, 6.07) is 14.0. The Balaban J connectivity index is 1.81.